The van der Waals surface area contributed by atoms with Gasteiger partial charge in [0.2, 0.25) is 0 Å². The highest BCUT2D eigenvalue weighted by Crippen LogP contribution is 2.56. The van der Waals surface area contributed by atoms with E-state index in [2.05, 4.69) is 83.1 Å². The van der Waals surface area contributed by atoms with Crippen molar-refractivity contribution in [2.75, 3.05) is 41.5 Å². The first-order valence-corrected chi connectivity index (χ1v) is 19.4. The molecule has 2 N–H and O–H groups in total. The van der Waals surface area contributed by atoms with Crippen molar-refractivity contribution in [3.8, 4) is 5.75 Å². The third-order valence-electron chi connectivity index (χ3n) is 14.1. The van der Waals surface area contributed by atoms with Crippen LogP contribution in [0.3, 0.4) is 0 Å². The number of hydrogen-bond donors (Lipinski definition) is 2. The Hall–Kier alpha value is -4.08. The van der Waals surface area contributed by atoms with E-state index in [9.17, 15) is 9.59 Å². The lowest BCUT2D eigenvalue weighted by Crippen LogP contribution is -2.63. The van der Waals surface area contributed by atoms with Crippen molar-refractivity contribution in [1.82, 2.24) is 19.8 Å². The number of rotatable bonds is 5. The van der Waals surface area contributed by atoms with E-state index < -0.39 is 5.41 Å². The molecule has 1 saturated carbocycles. The number of nitrogens with zero attached hydrogens (tertiary/aromatic N) is 2. The lowest BCUT2D eigenvalue weighted by Gasteiger charge is -2.52. The molecule has 2 aromatic heterocycles. The molecule has 9 rings (SSSR count). The average molecular weight is 705 g/mol. The van der Waals surface area contributed by atoms with Crippen LogP contribution in [0.2, 0.25) is 0 Å². The Labute approximate surface area is 306 Å². The molecule has 0 radical (unpaired) electrons. The van der Waals surface area contributed by atoms with Crippen LogP contribution in [-0.2, 0) is 43.9 Å². The molecule has 4 aromatic rings. The standard InChI is InChI=1S/C43H52N4O5/c1-7-24-15-23-20-43(42(49)52-6)39(24)44-14-13-27-29-17-30(36(50-4)19-34(29)47(21-23)40(27)43)31-16-28-25(8-2)22-46(3)35(37(28)41(48)51-5)18-32-26-11-9-10-12-33(26)45-38(31)32/h8-12,17,19,23-24,28,31,35,37,39,44-45H,7,13-16,18,20-22H2,1-6H3/t23-,24-,28-,31+,35+,37+,39-,43+/m1/s1. The first-order chi connectivity index (χ1) is 25.3. The first kappa shape index (κ1) is 33.7. The van der Waals surface area contributed by atoms with Gasteiger partial charge in [-0.1, -0.05) is 43.2 Å². The van der Waals surface area contributed by atoms with Gasteiger partial charge in [-0.25, -0.2) is 0 Å². The minimum atomic E-state index is -0.725. The van der Waals surface area contributed by atoms with E-state index in [1.165, 1.54) is 40.3 Å². The lowest BCUT2D eigenvalue weighted by molar-refractivity contribution is -0.154. The van der Waals surface area contributed by atoms with Crippen LogP contribution in [0, 0.1) is 23.7 Å². The van der Waals surface area contributed by atoms with Crippen molar-refractivity contribution < 1.29 is 23.8 Å². The highest BCUT2D eigenvalue weighted by atomic mass is 16.5. The predicted octanol–water partition coefficient (Wildman–Crippen LogP) is 6.25. The van der Waals surface area contributed by atoms with Gasteiger partial charge in [0.15, 0.2) is 0 Å². The Kier molecular flexibility index (Phi) is 8.12. The molecule has 2 aromatic carbocycles. The highest BCUT2D eigenvalue weighted by molar-refractivity contribution is 5.94. The minimum Gasteiger partial charge on any atom is -0.496 e. The number of likely N-dealkylation sites (tertiary alicyclic amines) is 1. The van der Waals surface area contributed by atoms with Crippen LogP contribution in [0.25, 0.3) is 21.8 Å². The van der Waals surface area contributed by atoms with Crippen LogP contribution in [-0.4, -0.2) is 79.9 Å². The fourth-order valence-corrected chi connectivity index (χ4v) is 12.0. The Morgan fingerprint density at radius 2 is 1.88 bits per heavy atom. The third-order valence-corrected chi connectivity index (χ3v) is 14.1. The molecule has 0 spiro atoms. The van der Waals surface area contributed by atoms with Gasteiger partial charge < -0.3 is 29.1 Å². The van der Waals surface area contributed by atoms with Crippen LogP contribution in [0.15, 0.2) is 48.0 Å². The van der Waals surface area contributed by atoms with E-state index in [1.54, 1.807) is 14.2 Å². The van der Waals surface area contributed by atoms with Crippen molar-refractivity contribution in [2.24, 2.45) is 23.7 Å². The topological polar surface area (TPSA) is 97.8 Å². The van der Waals surface area contributed by atoms with Crippen molar-refractivity contribution in [2.45, 2.75) is 82.3 Å². The highest BCUT2D eigenvalue weighted by Gasteiger charge is 2.60. The number of piperidine rings is 1. The summed E-state index contributed by atoms with van der Waals surface area (Å²) in [7, 11) is 7.00. The number of aromatic amines is 1. The zero-order chi connectivity index (χ0) is 36.1. The molecule has 4 bridgehead atoms. The number of H-pyrrole nitrogens is 1. The number of nitrogens with one attached hydrogen (secondary N) is 2. The van der Waals surface area contributed by atoms with Crippen molar-refractivity contribution in [3.05, 3.63) is 76.1 Å². The normalized spacial score (nSPS) is 31.8. The molecule has 9 heteroatoms. The number of allylic oxidation sites excluding steroid dienone is 1. The molecule has 9 nitrogen and oxygen atoms in total. The van der Waals surface area contributed by atoms with Gasteiger partial charge in [-0.3, -0.25) is 14.5 Å². The second-order valence-electron chi connectivity index (χ2n) is 16.2. The zero-order valence-corrected chi connectivity index (χ0v) is 31.4. The van der Waals surface area contributed by atoms with Crippen molar-refractivity contribution >= 4 is 33.7 Å². The monoisotopic (exact) mass is 704 g/mol. The van der Waals surface area contributed by atoms with Gasteiger partial charge in [0.05, 0.1) is 32.8 Å². The number of carbonyl (C=O) groups is 2. The zero-order valence-electron chi connectivity index (χ0n) is 31.4. The average Bonchev–Trinajstić information content (AvgIpc) is 3.59. The number of para-hydroxylation sites is 1. The van der Waals surface area contributed by atoms with Gasteiger partial charge >= 0.3 is 11.9 Å². The summed E-state index contributed by atoms with van der Waals surface area (Å²) >= 11 is 0. The van der Waals surface area contributed by atoms with Crippen molar-refractivity contribution in [1.29, 1.82) is 0 Å². The predicted molar refractivity (Wildman–Crippen MR) is 202 cm³/mol. The van der Waals surface area contributed by atoms with Crippen LogP contribution in [0.4, 0.5) is 0 Å². The SMILES string of the molecule is CC=C1CN(C)[C@H]2Cc3c([nH]c4ccccc34)[C@H](c3cc4c5c6n(c4cc3OC)C[C@@H]3C[C@@H](CC)[C@@H](NCC5)[C@@]6(C(=O)OC)C3)C[C@H]1[C@@H]2C(=O)OC. The minimum absolute atomic E-state index is 0.00480. The Morgan fingerprint density at radius 3 is 2.63 bits per heavy atom. The molecular formula is C43H52N4O5. The van der Waals surface area contributed by atoms with Gasteiger partial charge in [0.25, 0.3) is 0 Å². The molecular weight excluding hydrogens is 652 g/mol. The summed E-state index contributed by atoms with van der Waals surface area (Å²) in [5.74, 6) is 1.04. The van der Waals surface area contributed by atoms with Gasteiger partial charge in [0.1, 0.15) is 11.2 Å². The number of aromatic nitrogens is 2. The van der Waals surface area contributed by atoms with Crippen LogP contribution in [0.1, 0.15) is 73.5 Å². The first-order valence-electron chi connectivity index (χ1n) is 19.4. The lowest BCUT2D eigenvalue weighted by atomic mass is 9.58. The maximum Gasteiger partial charge on any atom is 0.319 e. The molecule has 3 aliphatic heterocycles. The number of likely N-dealkylation sites (N-methyl/N-ethyl adjacent to an activating group) is 1. The summed E-state index contributed by atoms with van der Waals surface area (Å²) in [4.78, 5) is 34.3. The van der Waals surface area contributed by atoms with Gasteiger partial charge in [-0.15, -0.1) is 0 Å². The molecule has 0 unspecified atom stereocenters. The summed E-state index contributed by atoms with van der Waals surface area (Å²) in [6, 6.07) is 13.3. The molecule has 0 amide bonds. The maximum atomic E-state index is 14.2. The molecule has 2 fully saturated rings. The smallest absolute Gasteiger partial charge is 0.319 e. The van der Waals surface area contributed by atoms with Gasteiger partial charge in [0, 0.05) is 70.4 Å². The van der Waals surface area contributed by atoms with E-state index in [0.717, 1.165) is 86.2 Å². The summed E-state index contributed by atoms with van der Waals surface area (Å²) in [6.07, 6.45) is 7.50. The molecule has 1 saturated heterocycles. The molecule has 2 aliphatic carbocycles. The third kappa shape index (κ3) is 4.60. The summed E-state index contributed by atoms with van der Waals surface area (Å²) in [6.45, 7) is 6.90. The van der Waals surface area contributed by atoms with E-state index in [0.29, 0.717) is 11.8 Å². The number of ether oxygens (including phenoxy) is 3. The van der Waals surface area contributed by atoms with E-state index in [4.69, 9.17) is 14.2 Å². The van der Waals surface area contributed by atoms with E-state index in [1.807, 2.05) is 0 Å². The van der Waals surface area contributed by atoms with E-state index in [-0.39, 0.29) is 41.8 Å². The van der Waals surface area contributed by atoms with Gasteiger partial charge in [-0.05, 0) is 93.6 Å². The number of esters is 2. The molecule has 5 heterocycles. The number of methoxy groups -OCH3 is 3. The Morgan fingerprint density at radius 1 is 1.06 bits per heavy atom. The van der Waals surface area contributed by atoms with Crippen molar-refractivity contribution in [3.63, 3.8) is 0 Å². The molecule has 5 aliphatic rings. The second kappa shape index (κ2) is 12.5. The largest absolute Gasteiger partial charge is 0.496 e. The quantitative estimate of drug-likeness (QED) is 0.187. The molecule has 8 atom stereocenters. The van der Waals surface area contributed by atoms with Gasteiger partial charge in [-0.2, -0.15) is 0 Å². The molecule has 52 heavy (non-hydrogen) atoms. The van der Waals surface area contributed by atoms with Crippen LogP contribution < -0.4 is 10.1 Å². The fraction of sp³-hybridized carbons (Fsp3) is 0.535. The number of fused-ring (bicyclic) bond motifs is 9. The molecule has 274 valence electrons. The maximum absolute atomic E-state index is 14.2. The van der Waals surface area contributed by atoms with Crippen LogP contribution >= 0.6 is 0 Å². The summed E-state index contributed by atoms with van der Waals surface area (Å²) in [5, 5.41) is 6.30. The van der Waals surface area contributed by atoms with E-state index >= 15 is 0 Å². The van der Waals surface area contributed by atoms with Crippen LogP contribution in [0.5, 0.6) is 5.75 Å². The number of benzene rings is 2. The second-order valence-corrected chi connectivity index (χ2v) is 16.2. The summed E-state index contributed by atoms with van der Waals surface area (Å²) < 4.78 is 20.1. The number of hydrogen-bond acceptors (Lipinski definition) is 7. The Bertz CT molecular complexity index is 2130. The fourth-order valence-electron chi connectivity index (χ4n) is 12.0. The Balaban J connectivity index is 1.31. The summed E-state index contributed by atoms with van der Waals surface area (Å²) in [5.41, 5.74) is 8.81. The number of carbonyl (C=O) groups excluding carboxylic acids is 2.